The Balaban J connectivity index is 0.000000861. The number of fused-ring (bicyclic) bond motifs is 4. The van der Waals surface area contributed by atoms with E-state index in [1.165, 1.54) is 0 Å². The Morgan fingerprint density at radius 2 is 1.64 bits per heavy atom. The standard InChI is InChI=1S/C27H25N3O2.2C2H6/c1-16(2)18(4)27(32)29-12-11-19-6-8-21(14-24(19)29)30-25(31)10-7-20-15-28-23-9-5-17(3)13-22(23)26(20)30;2*1-2/h5-10,13-15H,11-12H2,1-4H3;2*1-2H3. The highest BCUT2D eigenvalue weighted by atomic mass is 16.2. The second-order valence-corrected chi connectivity index (χ2v) is 8.73. The summed E-state index contributed by atoms with van der Waals surface area (Å²) in [6.45, 7) is 16.5. The van der Waals surface area contributed by atoms with E-state index in [1.807, 2.05) is 103 Å². The minimum atomic E-state index is -0.109. The molecule has 0 unspecified atom stereocenters. The first-order valence-corrected chi connectivity index (χ1v) is 12.9. The van der Waals surface area contributed by atoms with E-state index in [4.69, 9.17) is 0 Å². The van der Waals surface area contributed by atoms with Crippen molar-refractivity contribution in [1.29, 1.82) is 0 Å². The van der Waals surface area contributed by atoms with E-state index in [2.05, 4.69) is 11.1 Å². The predicted molar refractivity (Wildman–Crippen MR) is 152 cm³/mol. The summed E-state index contributed by atoms with van der Waals surface area (Å²) >= 11 is 0. The van der Waals surface area contributed by atoms with Crippen LogP contribution in [0.2, 0.25) is 0 Å². The smallest absolute Gasteiger partial charge is 0.255 e. The summed E-state index contributed by atoms with van der Waals surface area (Å²) in [5, 5.41) is 1.84. The first-order chi connectivity index (χ1) is 17.3. The molecular formula is C31H37N3O2. The lowest BCUT2D eigenvalue weighted by Gasteiger charge is -2.20. The van der Waals surface area contributed by atoms with Crippen molar-refractivity contribution in [3.05, 3.63) is 87.4 Å². The lowest BCUT2D eigenvalue weighted by molar-refractivity contribution is -0.115. The van der Waals surface area contributed by atoms with Gasteiger partial charge in [0.15, 0.2) is 0 Å². The molecule has 0 atom stereocenters. The van der Waals surface area contributed by atoms with Gasteiger partial charge < -0.3 is 4.90 Å². The summed E-state index contributed by atoms with van der Waals surface area (Å²) in [5.41, 5.74) is 7.22. The molecule has 0 radical (unpaired) electrons. The third kappa shape index (κ3) is 4.83. The number of amides is 1. The van der Waals surface area contributed by atoms with Crippen molar-refractivity contribution >= 4 is 33.4 Å². The summed E-state index contributed by atoms with van der Waals surface area (Å²) in [6.07, 6.45) is 2.62. The van der Waals surface area contributed by atoms with Crippen LogP contribution in [0.4, 0.5) is 5.69 Å². The molecule has 0 saturated heterocycles. The molecule has 0 N–H and O–H groups in total. The predicted octanol–water partition coefficient (Wildman–Crippen LogP) is 7.15. The third-order valence-electron chi connectivity index (χ3n) is 6.41. The van der Waals surface area contributed by atoms with E-state index >= 15 is 0 Å². The number of hydrogen-bond donors (Lipinski definition) is 0. The van der Waals surface area contributed by atoms with Crippen LogP contribution in [0.5, 0.6) is 0 Å². The second-order valence-electron chi connectivity index (χ2n) is 8.73. The minimum absolute atomic E-state index is 0.0245. The van der Waals surface area contributed by atoms with Crippen molar-refractivity contribution in [2.75, 3.05) is 11.4 Å². The van der Waals surface area contributed by atoms with Crippen molar-refractivity contribution < 1.29 is 4.79 Å². The largest absolute Gasteiger partial charge is 0.308 e. The molecule has 0 bridgehead atoms. The van der Waals surface area contributed by atoms with E-state index in [0.29, 0.717) is 6.54 Å². The fourth-order valence-electron chi connectivity index (χ4n) is 4.42. The van der Waals surface area contributed by atoms with Crippen LogP contribution in [0.25, 0.3) is 27.5 Å². The zero-order chi connectivity index (χ0) is 26.6. The normalized spacial score (nSPS) is 11.8. The Morgan fingerprint density at radius 3 is 2.33 bits per heavy atom. The van der Waals surface area contributed by atoms with Gasteiger partial charge >= 0.3 is 0 Å². The van der Waals surface area contributed by atoms with Gasteiger partial charge in [0.2, 0.25) is 0 Å². The number of hydrogen-bond acceptors (Lipinski definition) is 3. The zero-order valence-corrected chi connectivity index (χ0v) is 22.8. The Morgan fingerprint density at radius 1 is 0.917 bits per heavy atom. The lowest BCUT2D eigenvalue weighted by Crippen LogP contribution is -2.30. The first-order valence-electron chi connectivity index (χ1n) is 12.9. The maximum Gasteiger partial charge on any atom is 0.255 e. The number of allylic oxidation sites excluding steroid dienone is 1. The molecular weight excluding hydrogens is 446 g/mol. The average molecular weight is 484 g/mol. The number of carbonyl (C=O) groups is 1. The van der Waals surface area contributed by atoms with Gasteiger partial charge in [-0.25, -0.2) is 0 Å². The van der Waals surface area contributed by atoms with E-state index in [1.54, 1.807) is 10.6 Å². The van der Waals surface area contributed by atoms with E-state index in [-0.39, 0.29) is 11.5 Å². The van der Waals surface area contributed by atoms with Crippen LogP contribution >= 0.6 is 0 Å². The number of benzene rings is 2. The van der Waals surface area contributed by atoms with Crippen molar-refractivity contribution in [3.8, 4) is 5.69 Å². The molecule has 5 nitrogen and oxygen atoms in total. The van der Waals surface area contributed by atoms with Crippen LogP contribution in [0, 0.1) is 6.92 Å². The number of anilines is 1. The summed E-state index contributed by atoms with van der Waals surface area (Å²) in [7, 11) is 0. The first kappa shape index (κ1) is 26.9. The molecule has 4 aromatic rings. The summed E-state index contributed by atoms with van der Waals surface area (Å²) in [4.78, 5) is 32.6. The third-order valence-corrected chi connectivity index (χ3v) is 6.41. The molecule has 5 rings (SSSR count). The molecule has 5 heteroatoms. The van der Waals surface area contributed by atoms with Crippen LogP contribution < -0.4 is 10.5 Å². The van der Waals surface area contributed by atoms with Gasteiger partial charge in [0.05, 0.1) is 16.7 Å². The van der Waals surface area contributed by atoms with Gasteiger partial charge in [-0.3, -0.25) is 19.1 Å². The molecule has 0 fully saturated rings. The van der Waals surface area contributed by atoms with Crippen molar-refractivity contribution in [1.82, 2.24) is 9.55 Å². The number of nitrogens with zero attached hydrogens (tertiary/aromatic N) is 3. The maximum atomic E-state index is 13.1. The molecule has 0 spiro atoms. The minimum Gasteiger partial charge on any atom is -0.308 e. The van der Waals surface area contributed by atoms with Gasteiger partial charge in [-0.05, 0) is 70.0 Å². The number of aryl methyl sites for hydroxylation is 1. The Hall–Kier alpha value is -3.73. The molecule has 0 saturated carbocycles. The molecule has 2 aromatic carbocycles. The highest BCUT2D eigenvalue weighted by molar-refractivity contribution is 6.07. The van der Waals surface area contributed by atoms with Gasteiger partial charge in [0.1, 0.15) is 0 Å². The molecule has 3 heterocycles. The highest BCUT2D eigenvalue weighted by Crippen LogP contribution is 2.33. The van der Waals surface area contributed by atoms with Gasteiger partial charge in [-0.15, -0.1) is 0 Å². The lowest BCUT2D eigenvalue weighted by atomic mass is 10.1. The van der Waals surface area contributed by atoms with Crippen molar-refractivity contribution in [3.63, 3.8) is 0 Å². The Labute approximate surface area is 214 Å². The molecule has 0 aliphatic carbocycles. The van der Waals surface area contributed by atoms with E-state index in [9.17, 15) is 9.59 Å². The second kappa shape index (κ2) is 11.3. The average Bonchev–Trinajstić information content (AvgIpc) is 3.33. The quantitative estimate of drug-likeness (QED) is 0.225. The van der Waals surface area contributed by atoms with Crippen molar-refractivity contribution in [2.45, 2.75) is 61.8 Å². The molecule has 2 aromatic heterocycles. The fraction of sp³-hybridized carbons (Fsp3) is 0.323. The molecule has 36 heavy (non-hydrogen) atoms. The summed E-state index contributed by atoms with van der Waals surface area (Å²) < 4.78 is 1.74. The maximum absolute atomic E-state index is 13.1. The van der Waals surface area contributed by atoms with Gasteiger partial charge in [0.25, 0.3) is 11.5 Å². The van der Waals surface area contributed by atoms with E-state index in [0.717, 1.165) is 61.9 Å². The van der Waals surface area contributed by atoms with Gasteiger partial charge in [0, 0.05) is 40.8 Å². The van der Waals surface area contributed by atoms with E-state index < -0.39 is 0 Å². The number of pyridine rings is 2. The number of rotatable bonds is 2. The summed E-state index contributed by atoms with van der Waals surface area (Å²) in [5.74, 6) is 0.0245. The molecule has 1 aliphatic heterocycles. The van der Waals surface area contributed by atoms with Crippen LogP contribution in [0.15, 0.2) is 70.7 Å². The molecule has 1 amide bonds. The fourth-order valence-corrected chi connectivity index (χ4v) is 4.42. The van der Waals surface area contributed by atoms with Crippen LogP contribution in [0.1, 0.15) is 59.6 Å². The van der Waals surface area contributed by atoms with Gasteiger partial charge in [-0.2, -0.15) is 0 Å². The molecule has 188 valence electrons. The highest BCUT2D eigenvalue weighted by Gasteiger charge is 2.26. The Kier molecular flexibility index (Phi) is 8.46. The number of aromatic nitrogens is 2. The SMILES string of the molecule is CC.CC.CC(C)=C(C)C(=O)N1CCc2ccc(-n3c(=O)ccc4cnc5ccc(C)cc5c43)cc21. The van der Waals surface area contributed by atoms with Crippen LogP contribution in [0.3, 0.4) is 0 Å². The Bertz CT molecular complexity index is 1510. The summed E-state index contributed by atoms with van der Waals surface area (Å²) in [6, 6.07) is 15.5. The van der Waals surface area contributed by atoms with Crippen LogP contribution in [-0.4, -0.2) is 22.0 Å². The monoisotopic (exact) mass is 483 g/mol. The molecule has 1 aliphatic rings. The van der Waals surface area contributed by atoms with Gasteiger partial charge in [-0.1, -0.05) is 51.0 Å². The van der Waals surface area contributed by atoms with Crippen molar-refractivity contribution in [2.24, 2.45) is 0 Å². The topological polar surface area (TPSA) is 55.2 Å². The number of carbonyl (C=O) groups excluding carboxylic acids is 1. The van der Waals surface area contributed by atoms with Crippen LogP contribution in [-0.2, 0) is 11.2 Å². The zero-order valence-electron chi connectivity index (χ0n) is 22.8.